The van der Waals surface area contributed by atoms with Crippen molar-refractivity contribution in [2.24, 2.45) is 5.92 Å². The number of nitrogens with zero attached hydrogens (tertiary/aromatic N) is 7. The predicted molar refractivity (Wildman–Crippen MR) is 264 cm³/mol. The highest BCUT2D eigenvalue weighted by molar-refractivity contribution is 6.23. The van der Waals surface area contributed by atoms with Crippen LogP contribution in [0.4, 0.5) is 22.1 Å². The second-order valence-electron chi connectivity index (χ2n) is 17.9. The second kappa shape index (κ2) is 20.7. The number of anilines is 2. The van der Waals surface area contributed by atoms with Gasteiger partial charge >= 0.3 is 12.1 Å². The minimum atomic E-state index is -2.13. The third kappa shape index (κ3) is 8.88. The van der Waals surface area contributed by atoms with E-state index in [2.05, 4.69) is 21.8 Å². The number of hydrogen-bond donors (Lipinski definition) is 2. The van der Waals surface area contributed by atoms with E-state index >= 15 is 14.4 Å². The van der Waals surface area contributed by atoms with Gasteiger partial charge in [0.2, 0.25) is 17.8 Å². The van der Waals surface area contributed by atoms with E-state index in [4.69, 9.17) is 14.2 Å². The van der Waals surface area contributed by atoms with Crippen LogP contribution in [0.15, 0.2) is 146 Å². The number of ether oxygens (including phenoxy) is 3. The molecule has 0 aliphatic carbocycles. The summed E-state index contributed by atoms with van der Waals surface area (Å²) in [5, 5.41) is 31.0. The van der Waals surface area contributed by atoms with E-state index in [0.717, 1.165) is 4.90 Å². The number of nitro benzene ring substituents is 1. The molecule has 0 bridgehead atoms. The van der Waals surface area contributed by atoms with Crippen molar-refractivity contribution in [3.8, 4) is 17.6 Å². The quantitative estimate of drug-likeness (QED) is 0.0637. The standard InChI is InChI=1S/C55H49N7O11/c63-30-8-7-11-36-20-23-44-43(33-36)55(52(67)60(44)54(68)72-35-37-18-21-41(22-19-37)62(69)70)45(50(65)58-26-28-59(29-27-58)53-56-24-10-25-57-53)47-51(66)73-48(39-14-5-2-6-15-39)46(38-12-3-1-4-13-38)61(47)49(55)40-16-9-17-42(34-40)71-32-31-64/h1-6,9-10,12-25,33-34,45-49,63-64H,8,26-32,35H2. The molecular weight excluding hydrogens is 935 g/mol. The Hall–Kier alpha value is -8.50. The number of fused-ring (bicyclic) bond motifs is 3. The number of aromatic nitrogens is 2. The molecule has 0 radical (unpaired) electrons. The van der Waals surface area contributed by atoms with Crippen molar-refractivity contribution >= 4 is 41.2 Å². The first kappa shape index (κ1) is 48.1. The summed E-state index contributed by atoms with van der Waals surface area (Å²) in [6.07, 6.45) is 1.33. The number of benzene rings is 5. The number of imide groups is 1. The van der Waals surface area contributed by atoms with Gasteiger partial charge in [0.05, 0.1) is 41.8 Å². The lowest BCUT2D eigenvalue weighted by atomic mass is 9.64. The zero-order chi connectivity index (χ0) is 50.6. The van der Waals surface area contributed by atoms with Crippen molar-refractivity contribution in [2.45, 2.75) is 42.7 Å². The van der Waals surface area contributed by atoms with Gasteiger partial charge in [0.25, 0.3) is 5.69 Å². The molecular formula is C55H49N7O11. The molecule has 6 unspecified atom stereocenters. The van der Waals surface area contributed by atoms with E-state index in [-0.39, 0.29) is 62.9 Å². The van der Waals surface area contributed by atoms with Gasteiger partial charge in [0, 0.05) is 62.7 Å². The molecule has 1 spiro atoms. The predicted octanol–water partition coefficient (Wildman–Crippen LogP) is 5.84. The molecule has 1 aromatic heterocycles. The average molecular weight is 984 g/mol. The summed E-state index contributed by atoms with van der Waals surface area (Å²) in [6.45, 7) is 0.00227. The largest absolute Gasteiger partial charge is 0.491 e. The van der Waals surface area contributed by atoms with Crippen molar-refractivity contribution in [3.05, 3.63) is 189 Å². The van der Waals surface area contributed by atoms with Crippen molar-refractivity contribution in [1.29, 1.82) is 0 Å². The number of carbonyl (C=O) groups excluding carboxylic acids is 4. The van der Waals surface area contributed by atoms with E-state index in [1.807, 2.05) is 70.5 Å². The summed E-state index contributed by atoms with van der Waals surface area (Å²) in [7, 11) is 0. The maximum Gasteiger partial charge on any atom is 0.421 e. The van der Waals surface area contributed by atoms with Gasteiger partial charge in [-0.15, -0.1) is 0 Å². The lowest BCUT2D eigenvalue weighted by Gasteiger charge is -2.46. The molecule has 2 N–H and O–H groups in total. The van der Waals surface area contributed by atoms with Crippen molar-refractivity contribution in [1.82, 2.24) is 19.8 Å². The van der Waals surface area contributed by atoms with E-state index in [0.29, 0.717) is 52.6 Å². The molecule has 3 saturated heterocycles. The van der Waals surface area contributed by atoms with Crippen LogP contribution in [0, 0.1) is 27.9 Å². The van der Waals surface area contributed by atoms with Crippen LogP contribution in [-0.2, 0) is 35.9 Å². The lowest BCUT2D eigenvalue weighted by Crippen LogP contribution is -2.59. The van der Waals surface area contributed by atoms with Gasteiger partial charge in [-0.3, -0.25) is 29.4 Å². The van der Waals surface area contributed by atoms with Crippen LogP contribution in [0.2, 0.25) is 0 Å². The molecule has 0 saturated carbocycles. The van der Waals surface area contributed by atoms with Gasteiger partial charge in [-0.2, -0.15) is 0 Å². The minimum Gasteiger partial charge on any atom is -0.491 e. The summed E-state index contributed by atoms with van der Waals surface area (Å²) in [6, 6.07) is 34.0. The number of amides is 3. The Labute approximate surface area is 419 Å². The molecule has 4 aliphatic heterocycles. The van der Waals surface area contributed by atoms with Gasteiger partial charge in [-0.05, 0) is 76.3 Å². The Bertz CT molecular complexity index is 3090. The Kier molecular flexibility index (Phi) is 13.6. The highest BCUT2D eigenvalue weighted by Crippen LogP contribution is 2.66. The summed E-state index contributed by atoms with van der Waals surface area (Å²) in [4.78, 5) is 89.6. The molecule has 5 heterocycles. The van der Waals surface area contributed by atoms with E-state index in [1.165, 1.54) is 24.3 Å². The number of carbonyl (C=O) groups is 4. The van der Waals surface area contributed by atoms with Crippen LogP contribution in [0.5, 0.6) is 5.75 Å². The number of hydrogen-bond acceptors (Lipinski definition) is 15. The fourth-order valence-electron chi connectivity index (χ4n) is 10.8. The fourth-order valence-corrected chi connectivity index (χ4v) is 10.8. The van der Waals surface area contributed by atoms with Gasteiger partial charge in [0.1, 0.15) is 36.5 Å². The monoisotopic (exact) mass is 983 g/mol. The number of cyclic esters (lactones) is 1. The third-order valence-corrected chi connectivity index (χ3v) is 13.8. The molecule has 18 heteroatoms. The van der Waals surface area contributed by atoms with Crippen LogP contribution in [0.1, 0.15) is 58.0 Å². The highest BCUT2D eigenvalue weighted by Gasteiger charge is 2.76. The number of rotatable bonds is 12. The van der Waals surface area contributed by atoms with E-state index < -0.39 is 64.4 Å². The number of nitro groups is 1. The molecule has 6 aromatic rings. The van der Waals surface area contributed by atoms with Crippen LogP contribution < -0.4 is 14.5 Å². The third-order valence-electron chi connectivity index (χ3n) is 13.8. The molecule has 3 fully saturated rings. The molecule has 370 valence electrons. The van der Waals surface area contributed by atoms with Crippen LogP contribution in [0.3, 0.4) is 0 Å². The van der Waals surface area contributed by atoms with Crippen LogP contribution in [0.25, 0.3) is 0 Å². The highest BCUT2D eigenvalue weighted by atomic mass is 16.6. The summed E-state index contributed by atoms with van der Waals surface area (Å²) in [5.41, 5.74) is 0.604. The molecule has 3 amide bonds. The molecule has 4 aliphatic rings. The first-order valence-corrected chi connectivity index (χ1v) is 23.8. The van der Waals surface area contributed by atoms with Gasteiger partial charge in [-0.1, -0.05) is 84.6 Å². The molecule has 18 nitrogen and oxygen atoms in total. The Morgan fingerprint density at radius 2 is 1.49 bits per heavy atom. The van der Waals surface area contributed by atoms with Crippen LogP contribution >= 0.6 is 0 Å². The lowest BCUT2D eigenvalue weighted by molar-refractivity contribution is -0.384. The first-order chi connectivity index (χ1) is 35.6. The molecule has 73 heavy (non-hydrogen) atoms. The van der Waals surface area contributed by atoms with Gasteiger partial charge in [0.15, 0.2) is 0 Å². The normalized spacial score (nSPS) is 22.2. The number of morpholine rings is 1. The number of aliphatic hydroxyl groups is 2. The molecule has 6 atom stereocenters. The molecule has 10 rings (SSSR count). The Morgan fingerprint density at radius 3 is 2.18 bits per heavy atom. The van der Waals surface area contributed by atoms with Crippen LogP contribution in [-0.4, -0.2) is 111 Å². The zero-order valence-electron chi connectivity index (χ0n) is 39.3. The number of esters is 1. The SMILES string of the molecule is O=C1OC(c2ccccc2)C(c2ccccc2)N2C1C(C(=O)N1CCN(c3ncccn3)CC1)C1(C(=O)N(C(=O)OCc3ccc([N+](=O)[O-])cc3)c3ccc(C#CCCO)cc31)C2c1cccc(OCCO)c1. The Balaban J connectivity index is 1.21. The maximum atomic E-state index is 16.7. The van der Waals surface area contributed by atoms with E-state index in [1.54, 1.807) is 65.8 Å². The average Bonchev–Trinajstić information content (AvgIpc) is 3.89. The number of piperazine rings is 1. The Morgan fingerprint density at radius 1 is 0.795 bits per heavy atom. The second-order valence-corrected chi connectivity index (χ2v) is 17.9. The maximum absolute atomic E-state index is 16.7. The van der Waals surface area contributed by atoms with Gasteiger partial charge < -0.3 is 34.2 Å². The van der Waals surface area contributed by atoms with Crippen molar-refractivity contribution in [2.75, 3.05) is 55.8 Å². The fraction of sp³-hybridized carbons (Fsp3) is 0.273. The van der Waals surface area contributed by atoms with Gasteiger partial charge in [-0.25, -0.2) is 19.7 Å². The van der Waals surface area contributed by atoms with E-state index in [9.17, 15) is 25.1 Å². The first-order valence-electron chi connectivity index (χ1n) is 23.8. The smallest absolute Gasteiger partial charge is 0.421 e. The zero-order valence-corrected chi connectivity index (χ0v) is 39.3. The summed E-state index contributed by atoms with van der Waals surface area (Å²) in [5.74, 6) is 3.11. The topological polar surface area (TPSA) is 218 Å². The number of non-ortho nitro benzene ring substituents is 1. The summed E-state index contributed by atoms with van der Waals surface area (Å²) < 4.78 is 18.5. The van der Waals surface area contributed by atoms with Crippen molar-refractivity contribution in [3.63, 3.8) is 0 Å². The minimum absolute atomic E-state index is 0.0617. The van der Waals surface area contributed by atoms with Crippen molar-refractivity contribution < 1.29 is 48.5 Å². The summed E-state index contributed by atoms with van der Waals surface area (Å²) >= 11 is 0. The molecule has 5 aromatic carbocycles. The number of aliphatic hydroxyl groups excluding tert-OH is 2.